The van der Waals surface area contributed by atoms with Crippen LogP contribution in [0.4, 0.5) is 14.7 Å². The third kappa shape index (κ3) is 4.38. The van der Waals surface area contributed by atoms with Crippen LogP contribution in [0, 0.1) is 5.92 Å². The minimum absolute atomic E-state index is 0.239. The number of halogens is 2. The average Bonchev–Trinajstić information content (AvgIpc) is 3.58. The van der Waals surface area contributed by atoms with Crippen molar-refractivity contribution in [3.05, 3.63) is 53.2 Å². The van der Waals surface area contributed by atoms with Crippen LogP contribution in [-0.2, 0) is 9.59 Å². The van der Waals surface area contributed by atoms with Crippen molar-refractivity contribution >= 4 is 61.4 Å². The SMILES string of the molecule is O=C1NC(=O)C(c2c[nH]c3sccc23)=C1c1nc(N2CCC(CNCC(F)F)CC2)nc2ccccc12. The van der Waals surface area contributed by atoms with Crippen molar-refractivity contribution in [2.75, 3.05) is 31.1 Å². The fourth-order valence-electron chi connectivity index (χ4n) is 5.12. The molecule has 0 unspecified atom stereocenters. The lowest BCUT2D eigenvalue weighted by Gasteiger charge is -2.32. The first-order valence-electron chi connectivity index (χ1n) is 12.2. The first kappa shape index (κ1) is 23.7. The second-order valence-electron chi connectivity index (χ2n) is 9.27. The van der Waals surface area contributed by atoms with E-state index in [2.05, 4.69) is 20.5 Å². The van der Waals surface area contributed by atoms with E-state index in [4.69, 9.17) is 9.97 Å². The van der Waals surface area contributed by atoms with E-state index in [0.29, 0.717) is 59.2 Å². The van der Waals surface area contributed by atoms with Gasteiger partial charge >= 0.3 is 0 Å². The van der Waals surface area contributed by atoms with Gasteiger partial charge in [0.05, 0.1) is 28.9 Å². The van der Waals surface area contributed by atoms with Crippen LogP contribution >= 0.6 is 11.3 Å². The molecule has 0 spiro atoms. The zero-order valence-electron chi connectivity index (χ0n) is 19.8. The van der Waals surface area contributed by atoms with Gasteiger partial charge in [0.25, 0.3) is 18.2 Å². The van der Waals surface area contributed by atoms with Crippen LogP contribution in [0.1, 0.15) is 24.1 Å². The van der Waals surface area contributed by atoms with Crippen molar-refractivity contribution in [3.8, 4) is 0 Å². The molecule has 2 aliphatic heterocycles. The smallest absolute Gasteiger partial charge is 0.261 e. The highest BCUT2D eigenvalue weighted by molar-refractivity contribution is 7.16. The predicted octanol–water partition coefficient (Wildman–Crippen LogP) is 3.81. The van der Waals surface area contributed by atoms with Crippen molar-refractivity contribution in [1.82, 2.24) is 25.6 Å². The first-order valence-corrected chi connectivity index (χ1v) is 13.0. The van der Waals surface area contributed by atoms with Gasteiger partial charge in [-0.15, -0.1) is 11.3 Å². The molecule has 0 aliphatic carbocycles. The van der Waals surface area contributed by atoms with Crippen LogP contribution in [0.5, 0.6) is 0 Å². The van der Waals surface area contributed by atoms with E-state index in [0.717, 1.165) is 23.1 Å². The van der Waals surface area contributed by atoms with Gasteiger partial charge in [0.15, 0.2) is 0 Å². The number of aromatic nitrogens is 3. The van der Waals surface area contributed by atoms with Gasteiger partial charge in [-0.25, -0.2) is 18.7 Å². The molecule has 6 rings (SSSR count). The monoisotopic (exact) mass is 522 g/mol. The lowest BCUT2D eigenvalue weighted by molar-refractivity contribution is -0.122. The number of imide groups is 1. The van der Waals surface area contributed by atoms with Crippen molar-refractivity contribution in [1.29, 1.82) is 0 Å². The summed E-state index contributed by atoms with van der Waals surface area (Å²) in [4.78, 5) is 42.0. The Morgan fingerprint density at radius 1 is 1.05 bits per heavy atom. The third-order valence-corrected chi connectivity index (χ3v) is 7.81. The Morgan fingerprint density at radius 2 is 1.84 bits per heavy atom. The Kier molecular flexibility index (Phi) is 6.17. The molecule has 8 nitrogen and oxygen atoms in total. The van der Waals surface area contributed by atoms with Crippen LogP contribution in [0.3, 0.4) is 0 Å². The number of para-hydroxylation sites is 1. The van der Waals surface area contributed by atoms with E-state index >= 15 is 0 Å². The van der Waals surface area contributed by atoms with Gasteiger partial charge < -0.3 is 15.2 Å². The number of piperidine rings is 1. The van der Waals surface area contributed by atoms with Gasteiger partial charge in [-0.1, -0.05) is 18.2 Å². The number of aromatic amines is 1. The molecular formula is C26H24F2N6O2S. The number of anilines is 1. The highest BCUT2D eigenvalue weighted by atomic mass is 32.1. The average molecular weight is 523 g/mol. The highest BCUT2D eigenvalue weighted by Crippen LogP contribution is 2.38. The summed E-state index contributed by atoms with van der Waals surface area (Å²) in [5, 5.41) is 8.79. The molecule has 0 atom stereocenters. The number of H-pyrrole nitrogens is 1. The summed E-state index contributed by atoms with van der Waals surface area (Å²) in [7, 11) is 0. The van der Waals surface area contributed by atoms with Crippen LogP contribution in [-0.4, -0.2) is 59.4 Å². The number of carbonyl (C=O) groups excluding carboxylic acids is 2. The maximum Gasteiger partial charge on any atom is 0.261 e. The van der Waals surface area contributed by atoms with Gasteiger partial charge in [0.2, 0.25) is 5.95 Å². The van der Waals surface area contributed by atoms with E-state index < -0.39 is 18.2 Å². The summed E-state index contributed by atoms with van der Waals surface area (Å²) >= 11 is 1.53. The standard InChI is InChI=1S/C26H24F2N6O2S/c27-19(28)13-29-11-14-5-8-34(9-6-14)26-31-18-4-2-1-3-16(18)22(32-26)21-20(23(35)33-24(21)36)17-12-30-25-15(17)7-10-37-25/h1-4,7,10,12,14,19,29-30H,5-6,8-9,11,13H2,(H,33,35,36). The van der Waals surface area contributed by atoms with Crippen molar-refractivity contribution in [3.63, 3.8) is 0 Å². The number of benzene rings is 1. The Labute approximate surface area is 214 Å². The van der Waals surface area contributed by atoms with Gasteiger partial charge in [-0.2, -0.15) is 0 Å². The number of fused-ring (bicyclic) bond motifs is 2. The number of carbonyl (C=O) groups is 2. The number of nitrogens with one attached hydrogen (secondary N) is 3. The number of hydrogen-bond acceptors (Lipinski definition) is 7. The van der Waals surface area contributed by atoms with E-state index in [9.17, 15) is 18.4 Å². The van der Waals surface area contributed by atoms with E-state index in [1.165, 1.54) is 11.3 Å². The molecule has 0 radical (unpaired) electrons. The first-order chi connectivity index (χ1) is 18.0. The molecular weight excluding hydrogens is 498 g/mol. The molecule has 3 aromatic heterocycles. The second kappa shape index (κ2) is 9.64. The Bertz CT molecular complexity index is 1540. The zero-order chi connectivity index (χ0) is 25.5. The molecule has 37 heavy (non-hydrogen) atoms. The van der Waals surface area contributed by atoms with Crippen LogP contribution < -0.4 is 15.5 Å². The van der Waals surface area contributed by atoms with Crippen LogP contribution in [0.2, 0.25) is 0 Å². The molecule has 1 fully saturated rings. The number of hydrogen-bond donors (Lipinski definition) is 3. The maximum absolute atomic E-state index is 13.2. The molecule has 1 saturated heterocycles. The molecule has 0 saturated carbocycles. The minimum Gasteiger partial charge on any atom is -0.352 e. The lowest BCUT2D eigenvalue weighted by atomic mass is 9.96. The fraction of sp³-hybridized carbons (Fsp3) is 0.308. The number of nitrogens with zero attached hydrogens (tertiary/aromatic N) is 3. The van der Waals surface area contributed by atoms with E-state index in [-0.39, 0.29) is 12.1 Å². The normalized spacial score (nSPS) is 17.1. The third-order valence-electron chi connectivity index (χ3n) is 6.96. The zero-order valence-corrected chi connectivity index (χ0v) is 20.6. The summed E-state index contributed by atoms with van der Waals surface area (Å²) in [5.74, 6) is -0.151. The molecule has 2 amide bonds. The summed E-state index contributed by atoms with van der Waals surface area (Å²) in [6.45, 7) is 1.59. The van der Waals surface area contributed by atoms with E-state index in [1.54, 1.807) is 6.20 Å². The number of thiophene rings is 1. The Hall–Kier alpha value is -3.70. The maximum atomic E-state index is 13.2. The molecule has 4 aromatic rings. The number of amides is 2. The molecule has 3 N–H and O–H groups in total. The molecule has 1 aromatic carbocycles. The second-order valence-corrected chi connectivity index (χ2v) is 10.2. The summed E-state index contributed by atoms with van der Waals surface area (Å²) < 4.78 is 24.9. The molecule has 2 aliphatic rings. The van der Waals surface area contributed by atoms with Crippen molar-refractivity contribution in [2.24, 2.45) is 5.92 Å². The quantitative estimate of drug-likeness (QED) is 0.319. The molecule has 11 heteroatoms. The summed E-state index contributed by atoms with van der Waals surface area (Å²) in [6.07, 6.45) is 1.03. The topological polar surface area (TPSA) is 103 Å². The molecule has 5 heterocycles. The molecule has 0 bridgehead atoms. The largest absolute Gasteiger partial charge is 0.352 e. The fourth-order valence-corrected chi connectivity index (χ4v) is 5.90. The van der Waals surface area contributed by atoms with Crippen molar-refractivity contribution in [2.45, 2.75) is 19.3 Å². The van der Waals surface area contributed by atoms with Gasteiger partial charge in [-0.05, 0) is 42.8 Å². The van der Waals surface area contributed by atoms with Gasteiger partial charge in [0, 0.05) is 35.6 Å². The number of alkyl halides is 2. The summed E-state index contributed by atoms with van der Waals surface area (Å²) in [5.41, 5.74) is 2.30. The molecule has 190 valence electrons. The minimum atomic E-state index is -2.36. The van der Waals surface area contributed by atoms with Gasteiger partial charge in [0.1, 0.15) is 4.83 Å². The number of rotatable bonds is 7. The predicted molar refractivity (Wildman–Crippen MR) is 139 cm³/mol. The Balaban J connectivity index is 1.39. The van der Waals surface area contributed by atoms with E-state index in [1.807, 2.05) is 35.7 Å². The lowest BCUT2D eigenvalue weighted by Crippen LogP contribution is -2.39. The van der Waals surface area contributed by atoms with Gasteiger partial charge in [-0.3, -0.25) is 14.9 Å². The van der Waals surface area contributed by atoms with Crippen LogP contribution in [0.15, 0.2) is 41.9 Å². The summed E-state index contributed by atoms with van der Waals surface area (Å²) in [6, 6.07) is 9.38. The highest BCUT2D eigenvalue weighted by Gasteiger charge is 2.36. The van der Waals surface area contributed by atoms with Crippen LogP contribution in [0.25, 0.3) is 32.3 Å². The van der Waals surface area contributed by atoms with Crippen molar-refractivity contribution < 1.29 is 18.4 Å². The Morgan fingerprint density at radius 3 is 2.65 bits per heavy atom.